The quantitative estimate of drug-likeness (QED) is 0.770. The van der Waals surface area contributed by atoms with Gasteiger partial charge in [-0.3, -0.25) is 9.69 Å². The summed E-state index contributed by atoms with van der Waals surface area (Å²) in [6.07, 6.45) is 1.04. The minimum atomic E-state index is 0.244. The zero-order valence-corrected chi connectivity index (χ0v) is 12.9. The zero-order valence-electron chi connectivity index (χ0n) is 12.9. The third-order valence-corrected chi connectivity index (χ3v) is 4.66. The van der Waals surface area contributed by atoms with Crippen LogP contribution in [0.15, 0.2) is 0 Å². The maximum absolute atomic E-state index is 12.5. The Labute approximate surface area is 117 Å². The summed E-state index contributed by atoms with van der Waals surface area (Å²) in [6.45, 7) is 14.8. The number of hydrogen-bond donors (Lipinski definition) is 0. The van der Waals surface area contributed by atoms with E-state index in [2.05, 4.69) is 42.4 Å². The number of hydrogen-bond acceptors (Lipinski definition) is 3. The molecular formula is C15H29N3O. The van der Waals surface area contributed by atoms with Crippen LogP contribution in [-0.4, -0.2) is 72.0 Å². The summed E-state index contributed by atoms with van der Waals surface area (Å²) in [6, 6.07) is 1.16. The largest absolute Gasteiger partial charge is 0.340 e. The fraction of sp³-hybridized carbons (Fsp3) is 0.933. The topological polar surface area (TPSA) is 26.8 Å². The van der Waals surface area contributed by atoms with Gasteiger partial charge >= 0.3 is 0 Å². The van der Waals surface area contributed by atoms with Gasteiger partial charge in [0.2, 0.25) is 5.91 Å². The predicted octanol–water partition coefficient (Wildman–Crippen LogP) is 1.27. The molecule has 1 atom stereocenters. The van der Waals surface area contributed by atoms with Crippen LogP contribution >= 0.6 is 0 Å². The molecule has 4 nitrogen and oxygen atoms in total. The molecular weight excluding hydrogens is 238 g/mol. The van der Waals surface area contributed by atoms with Crippen LogP contribution in [0.5, 0.6) is 0 Å². The van der Waals surface area contributed by atoms with Crippen molar-refractivity contribution in [1.82, 2.24) is 14.7 Å². The predicted molar refractivity (Wildman–Crippen MR) is 78.1 cm³/mol. The van der Waals surface area contributed by atoms with E-state index >= 15 is 0 Å². The van der Waals surface area contributed by atoms with Crippen LogP contribution in [0, 0.1) is 5.92 Å². The van der Waals surface area contributed by atoms with Gasteiger partial charge in [-0.05, 0) is 40.7 Å². The first-order chi connectivity index (χ1) is 8.99. The third-order valence-electron chi connectivity index (χ3n) is 4.66. The highest BCUT2D eigenvalue weighted by atomic mass is 16.2. The summed E-state index contributed by atoms with van der Waals surface area (Å²) in [7, 11) is 0. The lowest BCUT2D eigenvalue weighted by Crippen LogP contribution is -2.52. The highest BCUT2D eigenvalue weighted by Crippen LogP contribution is 2.21. The van der Waals surface area contributed by atoms with E-state index in [1.54, 1.807) is 0 Å². The van der Waals surface area contributed by atoms with Gasteiger partial charge in [0, 0.05) is 44.8 Å². The molecule has 19 heavy (non-hydrogen) atoms. The number of amides is 1. The van der Waals surface area contributed by atoms with Crippen LogP contribution < -0.4 is 0 Å². The van der Waals surface area contributed by atoms with Gasteiger partial charge in [0.1, 0.15) is 0 Å². The Kier molecular flexibility index (Phi) is 4.85. The molecule has 110 valence electrons. The summed E-state index contributed by atoms with van der Waals surface area (Å²) in [5, 5.41) is 0. The average molecular weight is 267 g/mol. The molecule has 2 rings (SSSR count). The van der Waals surface area contributed by atoms with Crippen molar-refractivity contribution < 1.29 is 4.79 Å². The van der Waals surface area contributed by atoms with Crippen LogP contribution in [-0.2, 0) is 4.79 Å². The van der Waals surface area contributed by atoms with E-state index in [9.17, 15) is 4.79 Å². The van der Waals surface area contributed by atoms with Gasteiger partial charge in [-0.2, -0.15) is 0 Å². The van der Waals surface area contributed by atoms with Crippen molar-refractivity contribution in [3.8, 4) is 0 Å². The molecule has 2 aliphatic rings. The van der Waals surface area contributed by atoms with Crippen molar-refractivity contribution in [3.63, 3.8) is 0 Å². The molecule has 0 aromatic heterocycles. The van der Waals surface area contributed by atoms with Crippen molar-refractivity contribution in [2.75, 3.05) is 39.3 Å². The standard InChI is InChI=1S/C15H29N3O/c1-12(2)16-7-9-17(10-8-16)15(19)14-5-6-18(11-14)13(3)4/h12-14H,5-11H2,1-4H3/t14-/m1/s1. The Bertz CT molecular complexity index is 309. The summed E-state index contributed by atoms with van der Waals surface area (Å²) >= 11 is 0. The minimum absolute atomic E-state index is 0.244. The molecule has 2 heterocycles. The van der Waals surface area contributed by atoms with Crippen LogP contribution in [0.3, 0.4) is 0 Å². The highest BCUT2D eigenvalue weighted by Gasteiger charge is 2.33. The number of carbonyl (C=O) groups is 1. The molecule has 0 aliphatic carbocycles. The van der Waals surface area contributed by atoms with E-state index in [4.69, 9.17) is 0 Å². The van der Waals surface area contributed by atoms with Crippen LogP contribution in [0.25, 0.3) is 0 Å². The fourth-order valence-corrected chi connectivity index (χ4v) is 3.17. The Morgan fingerprint density at radius 1 is 0.895 bits per heavy atom. The van der Waals surface area contributed by atoms with E-state index in [0.29, 0.717) is 18.0 Å². The first-order valence-electron chi connectivity index (χ1n) is 7.76. The molecule has 0 bridgehead atoms. The van der Waals surface area contributed by atoms with Gasteiger partial charge in [-0.15, -0.1) is 0 Å². The summed E-state index contributed by atoms with van der Waals surface area (Å²) in [5.74, 6) is 0.638. The van der Waals surface area contributed by atoms with Crippen molar-refractivity contribution in [3.05, 3.63) is 0 Å². The molecule has 0 aromatic rings. The molecule has 0 N–H and O–H groups in total. The van der Waals surface area contributed by atoms with E-state index < -0.39 is 0 Å². The molecule has 2 fully saturated rings. The lowest BCUT2D eigenvalue weighted by atomic mass is 10.1. The van der Waals surface area contributed by atoms with Crippen LogP contribution in [0.2, 0.25) is 0 Å². The number of carbonyl (C=O) groups excluding carboxylic acids is 1. The van der Waals surface area contributed by atoms with Crippen molar-refractivity contribution in [2.45, 2.75) is 46.2 Å². The average Bonchev–Trinajstić information content (AvgIpc) is 2.87. The van der Waals surface area contributed by atoms with E-state index in [-0.39, 0.29) is 5.92 Å². The van der Waals surface area contributed by atoms with Crippen LogP contribution in [0.4, 0.5) is 0 Å². The van der Waals surface area contributed by atoms with Gasteiger partial charge in [-0.1, -0.05) is 0 Å². The molecule has 4 heteroatoms. The lowest BCUT2D eigenvalue weighted by molar-refractivity contribution is -0.137. The Morgan fingerprint density at radius 3 is 1.95 bits per heavy atom. The second-order valence-corrected chi connectivity index (χ2v) is 6.53. The van der Waals surface area contributed by atoms with E-state index in [1.165, 1.54) is 0 Å². The van der Waals surface area contributed by atoms with E-state index in [0.717, 1.165) is 45.7 Å². The first kappa shape index (κ1) is 14.8. The molecule has 0 radical (unpaired) electrons. The third kappa shape index (κ3) is 3.48. The lowest BCUT2D eigenvalue weighted by Gasteiger charge is -2.38. The van der Waals surface area contributed by atoms with Crippen molar-refractivity contribution in [1.29, 1.82) is 0 Å². The maximum Gasteiger partial charge on any atom is 0.227 e. The van der Waals surface area contributed by atoms with Crippen molar-refractivity contribution in [2.24, 2.45) is 5.92 Å². The monoisotopic (exact) mass is 267 g/mol. The van der Waals surface area contributed by atoms with Gasteiger partial charge in [0.25, 0.3) is 0 Å². The number of nitrogens with zero attached hydrogens (tertiary/aromatic N) is 3. The van der Waals surface area contributed by atoms with Gasteiger partial charge in [0.15, 0.2) is 0 Å². The summed E-state index contributed by atoms with van der Waals surface area (Å²) in [5.41, 5.74) is 0. The van der Waals surface area contributed by atoms with E-state index in [1.807, 2.05) is 0 Å². The van der Waals surface area contributed by atoms with Gasteiger partial charge in [-0.25, -0.2) is 0 Å². The molecule has 1 amide bonds. The smallest absolute Gasteiger partial charge is 0.227 e. The number of likely N-dealkylation sites (tertiary alicyclic amines) is 1. The molecule has 0 unspecified atom stereocenters. The molecule has 0 spiro atoms. The second kappa shape index (κ2) is 6.23. The maximum atomic E-state index is 12.5. The van der Waals surface area contributed by atoms with Gasteiger partial charge < -0.3 is 9.80 Å². The number of piperazine rings is 1. The SMILES string of the molecule is CC(C)N1CCN(C(=O)[C@@H]2CCN(C(C)C)C2)CC1. The highest BCUT2D eigenvalue weighted by molar-refractivity contribution is 5.79. The second-order valence-electron chi connectivity index (χ2n) is 6.53. The molecule has 0 saturated carbocycles. The fourth-order valence-electron chi connectivity index (χ4n) is 3.17. The summed E-state index contributed by atoms with van der Waals surface area (Å²) < 4.78 is 0. The normalized spacial score (nSPS) is 26.6. The number of rotatable bonds is 3. The van der Waals surface area contributed by atoms with Gasteiger partial charge in [0.05, 0.1) is 5.92 Å². The molecule has 2 saturated heterocycles. The first-order valence-corrected chi connectivity index (χ1v) is 7.76. The Balaban J connectivity index is 1.82. The molecule has 2 aliphatic heterocycles. The Morgan fingerprint density at radius 2 is 1.47 bits per heavy atom. The minimum Gasteiger partial charge on any atom is -0.340 e. The van der Waals surface area contributed by atoms with Crippen LogP contribution in [0.1, 0.15) is 34.1 Å². The Hall–Kier alpha value is -0.610. The molecule has 0 aromatic carbocycles. The van der Waals surface area contributed by atoms with Crippen molar-refractivity contribution >= 4 is 5.91 Å². The zero-order chi connectivity index (χ0) is 14.0. The summed E-state index contributed by atoms with van der Waals surface area (Å²) in [4.78, 5) is 19.5.